The maximum absolute atomic E-state index is 12.4. The van der Waals surface area contributed by atoms with E-state index in [1.807, 2.05) is 18.2 Å². The highest BCUT2D eigenvalue weighted by Gasteiger charge is 2.23. The molecule has 1 amide bonds. The summed E-state index contributed by atoms with van der Waals surface area (Å²) in [6.45, 7) is 5.47. The molecule has 1 fully saturated rings. The van der Waals surface area contributed by atoms with Crippen molar-refractivity contribution < 1.29 is 13.9 Å². The number of hydrogen-bond donors (Lipinski definition) is 1. The van der Waals surface area contributed by atoms with Gasteiger partial charge in [-0.15, -0.1) is 0 Å². The number of ether oxygens (including phenoxy) is 1. The molecule has 1 aromatic heterocycles. The summed E-state index contributed by atoms with van der Waals surface area (Å²) >= 11 is 12.0. The van der Waals surface area contributed by atoms with Gasteiger partial charge in [0.05, 0.1) is 11.2 Å². The van der Waals surface area contributed by atoms with Crippen molar-refractivity contribution in [1.29, 1.82) is 0 Å². The normalized spacial score (nSPS) is 16.7. The highest BCUT2D eigenvalue weighted by molar-refractivity contribution is 6.34. The van der Waals surface area contributed by atoms with Gasteiger partial charge in [-0.25, -0.2) is 9.59 Å². The Morgan fingerprint density at radius 2 is 1.80 bits per heavy atom. The molecule has 2 aliphatic rings. The molecule has 3 aromatic rings. The minimum Gasteiger partial charge on any atom is -0.445 e. The van der Waals surface area contributed by atoms with Crippen molar-refractivity contribution in [3.8, 4) is 0 Å². The van der Waals surface area contributed by atoms with Crippen molar-refractivity contribution in [2.45, 2.75) is 13.0 Å². The van der Waals surface area contributed by atoms with Gasteiger partial charge in [0.1, 0.15) is 6.61 Å². The number of halogens is 2. The summed E-state index contributed by atoms with van der Waals surface area (Å²) in [6, 6.07) is 10.8. The summed E-state index contributed by atoms with van der Waals surface area (Å²) in [5.41, 5.74) is 3.95. The zero-order chi connectivity index (χ0) is 24.4. The first-order valence-electron chi connectivity index (χ1n) is 11.5. The van der Waals surface area contributed by atoms with Gasteiger partial charge >= 0.3 is 11.8 Å². The standard InChI is InChI=1S/C24H25Cl2N5O4/c25-18-11-16(12-19(26)14-18)15-34-24(33)30-8-5-29(6-9-30)7-10-31-4-3-20(28-31)17-1-2-21-22(13-17)35-23(32)27-21/h1-2,11-14H,3-10,15H2,(H,27,32). The third-order valence-corrected chi connectivity index (χ3v) is 6.65. The number of nitrogens with one attached hydrogen (secondary N) is 1. The number of fused-ring (bicyclic) bond motifs is 1. The Balaban J connectivity index is 1.06. The van der Waals surface area contributed by atoms with Gasteiger partial charge < -0.3 is 14.1 Å². The molecule has 35 heavy (non-hydrogen) atoms. The predicted octanol–water partition coefficient (Wildman–Crippen LogP) is 3.79. The lowest BCUT2D eigenvalue weighted by Crippen LogP contribution is -2.50. The number of oxazole rings is 1. The summed E-state index contributed by atoms with van der Waals surface area (Å²) in [5.74, 6) is -0.452. The molecule has 5 rings (SSSR count). The van der Waals surface area contributed by atoms with Crippen LogP contribution in [-0.2, 0) is 11.3 Å². The fourth-order valence-electron chi connectivity index (χ4n) is 4.34. The molecule has 184 valence electrons. The van der Waals surface area contributed by atoms with Crippen molar-refractivity contribution in [2.24, 2.45) is 5.10 Å². The van der Waals surface area contributed by atoms with Crippen LogP contribution in [0.5, 0.6) is 0 Å². The van der Waals surface area contributed by atoms with Crippen LogP contribution in [0.1, 0.15) is 17.5 Å². The lowest BCUT2D eigenvalue weighted by molar-refractivity contribution is 0.0693. The number of nitrogens with zero attached hydrogens (tertiary/aromatic N) is 4. The molecule has 0 bridgehead atoms. The number of carbonyl (C=O) groups is 1. The monoisotopic (exact) mass is 517 g/mol. The van der Waals surface area contributed by atoms with Crippen molar-refractivity contribution in [3.05, 3.63) is 68.1 Å². The second-order valence-corrected chi connectivity index (χ2v) is 9.51. The van der Waals surface area contributed by atoms with E-state index in [0.717, 1.165) is 56.0 Å². The van der Waals surface area contributed by atoms with Gasteiger partial charge in [0.25, 0.3) is 0 Å². The average Bonchev–Trinajstić information content (AvgIpc) is 3.46. The Labute approximate surface area is 211 Å². The van der Waals surface area contributed by atoms with Crippen LogP contribution in [0.3, 0.4) is 0 Å². The largest absolute Gasteiger partial charge is 0.445 e. The van der Waals surface area contributed by atoms with Crippen LogP contribution in [0.4, 0.5) is 4.79 Å². The van der Waals surface area contributed by atoms with Crippen LogP contribution in [0.2, 0.25) is 10.0 Å². The van der Waals surface area contributed by atoms with Gasteiger partial charge in [-0.05, 0) is 35.9 Å². The van der Waals surface area contributed by atoms with E-state index in [1.165, 1.54) is 0 Å². The SMILES string of the molecule is O=C(OCc1cc(Cl)cc(Cl)c1)N1CCN(CCN2CCC(c3ccc4[nH]c(=O)oc4c3)=N2)CC1. The molecule has 0 aliphatic carbocycles. The number of aromatic amines is 1. The molecule has 0 unspecified atom stereocenters. The first kappa shape index (κ1) is 23.7. The molecule has 0 spiro atoms. The van der Waals surface area contributed by atoms with E-state index in [0.29, 0.717) is 34.2 Å². The number of rotatable bonds is 6. The fourth-order valence-corrected chi connectivity index (χ4v) is 4.91. The molecule has 3 heterocycles. The molecular formula is C24H25Cl2N5O4. The Bertz CT molecular complexity index is 1290. The first-order chi connectivity index (χ1) is 16.9. The predicted molar refractivity (Wildman–Crippen MR) is 134 cm³/mol. The maximum atomic E-state index is 12.4. The van der Waals surface area contributed by atoms with Crippen molar-refractivity contribution in [2.75, 3.05) is 45.8 Å². The quantitative estimate of drug-likeness (QED) is 0.534. The summed E-state index contributed by atoms with van der Waals surface area (Å²) < 4.78 is 10.6. The van der Waals surface area contributed by atoms with E-state index in [2.05, 4.69) is 14.9 Å². The molecule has 0 radical (unpaired) electrons. The first-order valence-corrected chi connectivity index (χ1v) is 12.2. The number of carbonyl (C=O) groups excluding carboxylic acids is 1. The number of benzene rings is 2. The zero-order valence-electron chi connectivity index (χ0n) is 19.0. The third kappa shape index (κ3) is 5.80. The van der Waals surface area contributed by atoms with E-state index in [-0.39, 0.29) is 12.7 Å². The van der Waals surface area contributed by atoms with Gasteiger partial charge in [0.15, 0.2) is 5.58 Å². The second kappa shape index (κ2) is 10.3. The number of piperazine rings is 1. The summed E-state index contributed by atoms with van der Waals surface area (Å²) in [7, 11) is 0. The molecule has 0 atom stereocenters. The lowest BCUT2D eigenvalue weighted by Gasteiger charge is -2.34. The van der Waals surface area contributed by atoms with E-state index in [1.54, 1.807) is 23.1 Å². The molecule has 1 saturated heterocycles. The Hall–Kier alpha value is -3.01. The number of aromatic nitrogens is 1. The summed E-state index contributed by atoms with van der Waals surface area (Å²) in [5, 5.41) is 7.86. The van der Waals surface area contributed by atoms with E-state index < -0.39 is 5.76 Å². The molecule has 9 nitrogen and oxygen atoms in total. The van der Waals surface area contributed by atoms with Crippen LogP contribution in [-0.4, -0.2) is 77.4 Å². The van der Waals surface area contributed by atoms with Crippen LogP contribution < -0.4 is 5.76 Å². The molecule has 1 N–H and O–H groups in total. The molecule has 2 aromatic carbocycles. The highest BCUT2D eigenvalue weighted by atomic mass is 35.5. The number of H-pyrrole nitrogens is 1. The number of amides is 1. The Morgan fingerprint density at radius 3 is 2.57 bits per heavy atom. The van der Waals surface area contributed by atoms with Crippen molar-refractivity contribution in [1.82, 2.24) is 19.8 Å². The van der Waals surface area contributed by atoms with Crippen molar-refractivity contribution >= 4 is 46.1 Å². The van der Waals surface area contributed by atoms with Gasteiger partial charge in [-0.3, -0.25) is 14.9 Å². The molecular weight excluding hydrogens is 493 g/mol. The van der Waals surface area contributed by atoms with Crippen LogP contribution >= 0.6 is 23.2 Å². The minimum atomic E-state index is -0.452. The minimum absolute atomic E-state index is 0.137. The van der Waals surface area contributed by atoms with E-state index in [4.69, 9.17) is 37.5 Å². The molecule has 2 aliphatic heterocycles. The van der Waals surface area contributed by atoms with Crippen molar-refractivity contribution in [3.63, 3.8) is 0 Å². The van der Waals surface area contributed by atoms with Gasteiger partial charge in [0.2, 0.25) is 0 Å². The average molecular weight is 518 g/mol. The summed E-state index contributed by atoms with van der Waals surface area (Å²) in [4.78, 5) is 30.5. The lowest BCUT2D eigenvalue weighted by atomic mass is 10.1. The van der Waals surface area contributed by atoms with E-state index >= 15 is 0 Å². The maximum Gasteiger partial charge on any atom is 0.417 e. The fraction of sp³-hybridized carbons (Fsp3) is 0.375. The number of hydrazone groups is 1. The topological polar surface area (TPSA) is 94.4 Å². The number of hydrogen-bond acceptors (Lipinski definition) is 7. The van der Waals surface area contributed by atoms with Gasteiger partial charge in [-0.1, -0.05) is 29.3 Å². The van der Waals surface area contributed by atoms with Gasteiger partial charge in [-0.2, -0.15) is 5.10 Å². The zero-order valence-corrected chi connectivity index (χ0v) is 20.5. The Morgan fingerprint density at radius 1 is 1.03 bits per heavy atom. The van der Waals surface area contributed by atoms with Crippen LogP contribution in [0.15, 0.2) is 50.7 Å². The molecule has 0 saturated carbocycles. The van der Waals surface area contributed by atoms with E-state index in [9.17, 15) is 9.59 Å². The smallest absolute Gasteiger partial charge is 0.417 e. The van der Waals surface area contributed by atoms with Crippen LogP contribution in [0, 0.1) is 0 Å². The highest BCUT2D eigenvalue weighted by Crippen LogP contribution is 2.20. The van der Waals surface area contributed by atoms with Gasteiger partial charge in [0, 0.05) is 67.8 Å². The van der Waals surface area contributed by atoms with Crippen LogP contribution in [0.25, 0.3) is 11.1 Å². The summed E-state index contributed by atoms with van der Waals surface area (Å²) in [6.07, 6.45) is 0.516. The third-order valence-electron chi connectivity index (χ3n) is 6.21. The molecule has 11 heteroatoms. The second-order valence-electron chi connectivity index (χ2n) is 8.64. The Kier molecular flexibility index (Phi) is 6.99.